The topological polar surface area (TPSA) is 37.4 Å². The summed E-state index contributed by atoms with van der Waals surface area (Å²) in [5, 5.41) is 0. The lowest BCUT2D eigenvalue weighted by Gasteiger charge is -2.54. The summed E-state index contributed by atoms with van der Waals surface area (Å²) in [4.78, 5) is 27.0. The third-order valence-electron chi connectivity index (χ3n) is 7.52. The maximum atomic E-state index is 14.0. The van der Waals surface area contributed by atoms with Gasteiger partial charge in [0.25, 0.3) is 0 Å². The Bertz CT molecular complexity index is 1250. The van der Waals surface area contributed by atoms with Gasteiger partial charge in [0.15, 0.2) is 0 Å². The number of imide groups is 1. The second-order valence-corrected chi connectivity index (χ2v) is 10.8. The fourth-order valence-electron chi connectivity index (χ4n) is 5.92. The SMILES string of the molecule is Cc1c(Br)ccc(N2C(=O)[C@H]3[C@H](C2=O)C2(Cl)c4ccccc4C3(Cl)c3ccccc32)c1C. The molecule has 0 spiro atoms. The maximum Gasteiger partial charge on any atom is 0.240 e. The second-order valence-electron chi connectivity index (χ2n) is 8.80. The highest BCUT2D eigenvalue weighted by Gasteiger charge is 2.73. The van der Waals surface area contributed by atoms with Crippen molar-refractivity contribution in [3.8, 4) is 0 Å². The van der Waals surface area contributed by atoms with Crippen LogP contribution in [0.2, 0.25) is 0 Å². The first-order valence-corrected chi connectivity index (χ1v) is 12.0. The molecular weight excluding hydrogens is 509 g/mol. The number of benzene rings is 3. The van der Waals surface area contributed by atoms with Crippen LogP contribution in [0.15, 0.2) is 65.1 Å². The van der Waals surface area contributed by atoms with Crippen LogP contribution in [0.3, 0.4) is 0 Å². The minimum Gasteiger partial charge on any atom is -0.274 e. The zero-order valence-electron chi connectivity index (χ0n) is 17.3. The summed E-state index contributed by atoms with van der Waals surface area (Å²) in [5.74, 6) is -2.17. The minimum atomic E-state index is -1.16. The van der Waals surface area contributed by atoms with Crippen molar-refractivity contribution in [1.29, 1.82) is 0 Å². The predicted octanol–water partition coefficient (Wildman–Crippen LogP) is 6.16. The van der Waals surface area contributed by atoms with Gasteiger partial charge in [-0.3, -0.25) is 9.59 Å². The van der Waals surface area contributed by atoms with Crippen molar-refractivity contribution in [1.82, 2.24) is 0 Å². The highest BCUT2D eigenvalue weighted by Crippen LogP contribution is 2.69. The van der Waals surface area contributed by atoms with Crippen LogP contribution < -0.4 is 4.90 Å². The fourth-order valence-corrected chi connectivity index (χ4v) is 7.45. The van der Waals surface area contributed by atoms with E-state index in [1.807, 2.05) is 74.5 Å². The van der Waals surface area contributed by atoms with E-state index in [4.69, 9.17) is 23.2 Å². The summed E-state index contributed by atoms with van der Waals surface area (Å²) >= 11 is 18.5. The molecule has 3 nitrogen and oxygen atoms in total. The van der Waals surface area contributed by atoms with Crippen LogP contribution in [0.25, 0.3) is 0 Å². The van der Waals surface area contributed by atoms with Gasteiger partial charge in [0, 0.05) is 4.47 Å². The predicted molar refractivity (Wildman–Crippen MR) is 129 cm³/mol. The van der Waals surface area contributed by atoms with E-state index in [1.165, 1.54) is 4.90 Å². The maximum absolute atomic E-state index is 14.0. The largest absolute Gasteiger partial charge is 0.274 e. The molecule has 3 aromatic carbocycles. The number of alkyl halides is 2. The summed E-state index contributed by atoms with van der Waals surface area (Å²) in [7, 11) is 0. The lowest BCUT2D eigenvalue weighted by molar-refractivity contribution is -0.122. The lowest BCUT2D eigenvalue weighted by atomic mass is 9.54. The van der Waals surface area contributed by atoms with Gasteiger partial charge in [-0.15, -0.1) is 23.2 Å². The molecule has 7 rings (SSSR count). The molecule has 0 saturated carbocycles. The highest BCUT2D eigenvalue weighted by molar-refractivity contribution is 9.10. The first-order chi connectivity index (χ1) is 15.2. The molecule has 1 saturated heterocycles. The van der Waals surface area contributed by atoms with Crippen LogP contribution in [0.1, 0.15) is 33.4 Å². The molecule has 4 aliphatic rings. The number of hydrogen-bond donors (Lipinski definition) is 0. The van der Waals surface area contributed by atoms with Crippen molar-refractivity contribution in [2.45, 2.75) is 23.6 Å². The molecule has 3 aromatic rings. The van der Waals surface area contributed by atoms with Crippen LogP contribution in [-0.4, -0.2) is 11.8 Å². The van der Waals surface area contributed by atoms with Crippen LogP contribution in [0.4, 0.5) is 5.69 Å². The zero-order chi connectivity index (χ0) is 22.6. The van der Waals surface area contributed by atoms with Crippen LogP contribution >= 0.6 is 39.1 Å². The van der Waals surface area contributed by atoms with Crippen molar-refractivity contribution in [2.24, 2.45) is 11.8 Å². The standard InChI is InChI=1S/C26H18BrCl2NO2/c1-13-14(2)20(12-11-19(13)27)30-23(31)21-22(24(30)32)26(29)16-8-4-3-7-15(16)25(21,28)17-9-5-6-10-18(17)26/h3-12,21-22H,1-2H3/t21-,22-,25?,26?/m1/s1. The van der Waals surface area contributed by atoms with Crippen molar-refractivity contribution >= 4 is 56.6 Å². The van der Waals surface area contributed by atoms with Gasteiger partial charge in [0.2, 0.25) is 11.8 Å². The molecule has 1 heterocycles. The number of nitrogens with zero attached hydrogens (tertiary/aromatic N) is 1. The van der Waals surface area contributed by atoms with E-state index in [0.717, 1.165) is 37.9 Å². The number of carbonyl (C=O) groups excluding carboxylic acids is 2. The number of rotatable bonds is 1. The molecule has 0 radical (unpaired) electrons. The van der Waals surface area contributed by atoms with Gasteiger partial charge in [-0.25, -0.2) is 4.90 Å². The van der Waals surface area contributed by atoms with Crippen molar-refractivity contribution < 1.29 is 9.59 Å². The Morgan fingerprint density at radius 2 is 1.12 bits per heavy atom. The monoisotopic (exact) mass is 525 g/mol. The summed E-state index contributed by atoms with van der Waals surface area (Å²) in [5.41, 5.74) is 5.67. The molecule has 3 aliphatic carbocycles. The van der Waals surface area contributed by atoms with Crippen molar-refractivity contribution in [3.63, 3.8) is 0 Å². The smallest absolute Gasteiger partial charge is 0.240 e. The Morgan fingerprint density at radius 3 is 1.53 bits per heavy atom. The number of amides is 2. The summed E-state index contributed by atoms with van der Waals surface area (Å²) in [6.07, 6.45) is 0. The fraction of sp³-hybridized carbons (Fsp3) is 0.231. The number of hydrogen-bond acceptors (Lipinski definition) is 2. The Morgan fingerprint density at radius 1 is 0.719 bits per heavy atom. The molecule has 0 aromatic heterocycles. The van der Waals surface area contributed by atoms with Gasteiger partial charge in [0.1, 0.15) is 9.75 Å². The summed E-state index contributed by atoms with van der Waals surface area (Å²) in [6, 6.07) is 19.0. The molecule has 32 heavy (non-hydrogen) atoms. The average molecular weight is 527 g/mol. The Hall–Kier alpha value is -2.14. The molecule has 2 amide bonds. The summed E-state index contributed by atoms with van der Waals surface area (Å²) in [6.45, 7) is 3.88. The Kier molecular flexibility index (Phi) is 4.14. The van der Waals surface area contributed by atoms with Crippen LogP contribution in [0, 0.1) is 25.7 Å². The molecule has 0 unspecified atom stereocenters. The van der Waals surface area contributed by atoms with Gasteiger partial charge < -0.3 is 0 Å². The highest BCUT2D eigenvalue weighted by atomic mass is 79.9. The van der Waals surface area contributed by atoms with Crippen molar-refractivity contribution in [3.05, 3.63) is 98.5 Å². The van der Waals surface area contributed by atoms with E-state index in [9.17, 15) is 9.59 Å². The quantitative estimate of drug-likeness (QED) is 0.281. The normalized spacial score (nSPS) is 29.7. The third-order valence-corrected chi connectivity index (χ3v) is 9.66. The summed E-state index contributed by atoms with van der Waals surface area (Å²) < 4.78 is 0.928. The molecule has 2 atom stereocenters. The van der Waals surface area contributed by atoms with Gasteiger partial charge in [-0.2, -0.15) is 0 Å². The zero-order valence-corrected chi connectivity index (χ0v) is 20.4. The van der Waals surface area contributed by atoms with E-state index in [-0.39, 0.29) is 11.8 Å². The molecule has 0 N–H and O–H groups in total. The van der Waals surface area contributed by atoms with Crippen molar-refractivity contribution in [2.75, 3.05) is 4.90 Å². The molecular formula is C26H18BrCl2NO2. The van der Waals surface area contributed by atoms with Gasteiger partial charge in [-0.05, 0) is 59.4 Å². The van der Waals surface area contributed by atoms with Gasteiger partial charge in [0.05, 0.1) is 17.5 Å². The second kappa shape index (κ2) is 6.47. The number of halogens is 3. The first kappa shape index (κ1) is 20.5. The van der Waals surface area contributed by atoms with Crippen LogP contribution in [0.5, 0.6) is 0 Å². The number of anilines is 1. The average Bonchev–Trinajstić information content (AvgIpc) is 3.07. The molecule has 1 aliphatic heterocycles. The molecule has 160 valence electrons. The minimum absolute atomic E-state index is 0.297. The molecule has 6 heteroatoms. The van der Waals surface area contributed by atoms with Gasteiger partial charge >= 0.3 is 0 Å². The van der Waals surface area contributed by atoms with E-state index in [0.29, 0.717) is 5.69 Å². The lowest BCUT2D eigenvalue weighted by Crippen LogP contribution is -2.57. The van der Waals surface area contributed by atoms with E-state index < -0.39 is 21.6 Å². The molecule has 1 fully saturated rings. The number of carbonyl (C=O) groups is 2. The van der Waals surface area contributed by atoms with Crippen LogP contribution in [-0.2, 0) is 19.3 Å². The first-order valence-electron chi connectivity index (χ1n) is 10.4. The Labute approximate surface area is 204 Å². The van der Waals surface area contributed by atoms with E-state index in [1.54, 1.807) is 0 Å². The van der Waals surface area contributed by atoms with E-state index >= 15 is 0 Å². The molecule has 2 bridgehead atoms. The third kappa shape index (κ3) is 2.14. The van der Waals surface area contributed by atoms with Gasteiger partial charge in [-0.1, -0.05) is 64.5 Å². The Balaban J connectivity index is 1.65. The van der Waals surface area contributed by atoms with E-state index in [2.05, 4.69) is 15.9 Å².